The minimum Gasteiger partial charge on any atom is -0.481 e. The summed E-state index contributed by atoms with van der Waals surface area (Å²) >= 11 is 5.82. The zero-order valence-corrected chi connectivity index (χ0v) is 14.1. The van der Waals surface area contributed by atoms with E-state index in [1.54, 1.807) is 6.92 Å². The Morgan fingerprint density at radius 2 is 2.08 bits per heavy atom. The molecular formula is C13H11ClFN5O3S. The SMILES string of the molecule is COc1nc2nc(S(=O)(=O)Nc3c(F)cccc3Cl)nn2cc1C. The van der Waals surface area contributed by atoms with Gasteiger partial charge in [0.2, 0.25) is 5.88 Å². The van der Waals surface area contributed by atoms with Crippen LogP contribution < -0.4 is 9.46 Å². The van der Waals surface area contributed by atoms with Crippen LogP contribution in [0.4, 0.5) is 10.1 Å². The maximum Gasteiger partial charge on any atom is 0.299 e. The molecule has 11 heteroatoms. The zero-order chi connectivity index (χ0) is 17.5. The zero-order valence-electron chi connectivity index (χ0n) is 12.5. The highest BCUT2D eigenvalue weighted by molar-refractivity contribution is 7.92. The molecule has 0 spiro atoms. The van der Waals surface area contributed by atoms with E-state index < -0.39 is 21.0 Å². The van der Waals surface area contributed by atoms with Crippen LogP contribution in [-0.2, 0) is 10.0 Å². The van der Waals surface area contributed by atoms with Crippen LogP contribution in [0.1, 0.15) is 5.56 Å². The minimum atomic E-state index is -4.25. The third kappa shape index (κ3) is 2.85. The molecule has 0 radical (unpaired) electrons. The van der Waals surface area contributed by atoms with Crippen molar-refractivity contribution in [2.45, 2.75) is 12.1 Å². The van der Waals surface area contributed by atoms with Gasteiger partial charge in [-0.25, -0.2) is 8.91 Å². The van der Waals surface area contributed by atoms with Gasteiger partial charge in [-0.1, -0.05) is 17.7 Å². The average Bonchev–Trinajstić information content (AvgIpc) is 2.94. The van der Waals surface area contributed by atoms with Gasteiger partial charge in [0.25, 0.3) is 21.0 Å². The van der Waals surface area contributed by atoms with Crippen LogP contribution in [0.3, 0.4) is 0 Å². The van der Waals surface area contributed by atoms with Crippen molar-refractivity contribution in [1.29, 1.82) is 0 Å². The highest BCUT2D eigenvalue weighted by Crippen LogP contribution is 2.26. The molecule has 24 heavy (non-hydrogen) atoms. The summed E-state index contributed by atoms with van der Waals surface area (Å²) < 4.78 is 46.8. The van der Waals surface area contributed by atoms with Crippen LogP contribution in [0.25, 0.3) is 5.78 Å². The summed E-state index contributed by atoms with van der Waals surface area (Å²) in [4.78, 5) is 7.88. The lowest BCUT2D eigenvalue weighted by atomic mass is 10.3. The summed E-state index contributed by atoms with van der Waals surface area (Å²) in [5.74, 6) is -0.494. The number of rotatable bonds is 4. The molecule has 0 aliphatic rings. The molecule has 1 aromatic carbocycles. The number of para-hydroxylation sites is 1. The first-order chi connectivity index (χ1) is 11.3. The summed E-state index contributed by atoms with van der Waals surface area (Å²) in [6.45, 7) is 1.72. The number of nitrogens with zero attached hydrogens (tertiary/aromatic N) is 4. The summed E-state index contributed by atoms with van der Waals surface area (Å²) in [7, 11) is -2.82. The van der Waals surface area contributed by atoms with Crippen LogP contribution in [0, 0.1) is 12.7 Å². The summed E-state index contributed by atoms with van der Waals surface area (Å²) in [6.07, 6.45) is 1.52. The number of sulfonamides is 1. The molecule has 3 aromatic rings. The fourth-order valence-electron chi connectivity index (χ4n) is 1.97. The van der Waals surface area contributed by atoms with Crippen LogP contribution >= 0.6 is 11.6 Å². The number of nitrogens with one attached hydrogen (secondary N) is 1. The van der Waals surface area contributed by atoms with Gasteiger partial charge < -0.3 is 4.74 Å². The number of aryl methyl sites for hydroxylation is 1. The van der Waals surface area contributed by atoms with Crippen molar-refractivity contribution < 1.29 is 17.5 Å². The Morgan fingerprint density at radius 1 is 1.33 bits per heavy atom. The Labute approximate surface area is 141 Å². The fourth-order valence-corrected chi connectivity index (χ4v) is 3.20. The quantitative estimate of drug-likeness (QED) is 0.753. The van der Waals surface area contributed by atoms with Gasteiger partial charge in [0, 0.05) is 11.8 Å². The molecule has 1 N–H and O–H groups in total. The second kappa shape index (κ2) is 5.87. The van der Waals surface area contributed by atoms with Crippen molar-refractivity contribution in [1.82, 2.24) is 19.6 Å². The third-order valence-corrected chi connectivity index (χ3v) is 4.52. The van der Waals surface area contributed by atoms with Crippen molar-refractivity contribution in [3.05, 3.63) is 40.8 Å². The van der Waals surface area contributed by atoms with Gasteiger partial charge in [-0.3, -0.25) is 4.72 Å². The first kappa shape index (κ1) is 16.4. The lowest BCUT2D eigenvalue weighted by Crippen LogP contribution is -2.16. The highest BCUT2D eigenvalue weighted by Gasteiger charge is 2.24. The van der Waals surface area contributed by atoms with Gasteiger partial charge in [0.1, 0.15) is 11.5 Å². The average molecular weight is 372 g/mol. The first-order valence-electron chi connectivity index (χ1n) is 6.56. The summed E-state index contributed by atoms with van der Waals surface area (Å²) in [6, 6.07) is 3.80. The molecule has 126 valence electrons. The number of halogens is 2. The number of hydrogen-bond acceptors (Lipinski definition) is 6. The molecule has 2 aromatic heterocycles. The van der Waals surface area contributed by atoms with Crippen molar-refractivity contribution in [3.63, 3.8) is 0 Å². The van der Waals surface area contributed by atoms with Crippen LogP contribution in [0.2, 0.25) is 5.02 Å². The molecule has 0 unspecified atom stereocenters. The van der Waals surface area contributed by atoms with Gasteiger partial charge in [-0.05, 0) is 19.1 Å². The molecule has 0 aliphatic carbocycles. The molecule has 2 heterocycles. The number of anilines is 1. The number of aromatic nitrogens is 4. The Hall–Kier alpha value is -2.46. The van der Waals surface area contributed by atoms with Gasteiger partial charge in [-0.15, -0.1) is 5.10 Å². The monoisotopic (exact) mass is 371 g/mol. The molecule has 0 saturated carbocycles. The Morgan fingerprint density at radius 3 is 2.75 bits per heavy atom. The Balaban J connectivity index is 2.05. The summed E-state index contributed by atoms with van der Waals surface area (Å²) in [5, 5.41) is 3.19. The van der Waals surface area contributed by atoms with Crippen molar-refractivity contribution in [3.8, 4) is 5.88 Å². The smallest absolute Gasteiger partial charge is 0.299 e. The molecule has 0 bridgehead atoms. The van der Waals surface area contributed by atoms with E-state index in [0.717, 1.165) is 6.07 Å². The van der Waals surface area contributed by atoms with Crippen LogP contribution in [-0.4, -0.2) is 35.1 Å². The highest BCUT2D eigenvalue weighted by atomic mass is 35.5. The van der Waals surface area contributed by atoms with Gasteiger partial charge in [0.15, 0.2) is 0 Å². The predicted molar refractivity (Wildman–Crippen MR) is 84.3 cm³/mol. The van der Waals surface area contributed by atoms with E-state index in [4.69, 9.17) is 16.3 Å². The van der Waals surface area contributed by atoms with Crippen molar-refractivity contribution in [2.75, 3.05) is 11.8 Å². The predicted octanol–water partition coefficient (Wildman–Crippen LogP) is 2.03. The largest absolute Gasteiger partial charge is 0.481 e. The topological polar surface area (TPSA) is 98.5 Å². The summed E-state index contributed by atoms with van der Waals surface area (Å²) in [5.41, 5.74) is 0.267. The normalized spacial score (nSPS) is 11.7. The molecule has 0 fully saturated rings. The molecular weight excluding hydrogens is 361 g/mol. The number of ether oxygens (including phenoxy) is 1. The van der Waals surface area contributed by atoms with E-state index in [1.807, 2.05) is 4.72 Å². The van der Waals surface area contributed by atoms with E-state index in [1.165, 1.54) is 30.0 Å². The second-order valence-electron chi connectivity index (χ2n) is 4.77. The molecule has 0 atom stereocenters. The molecule has 0 aliphatic heterocycles. The lowest BCUT2D eigenvalue weighted by molar-refractivity contribution is 0.394. The van der Waals surface area contributed by atoms with Gasteiger partial charge in [0.05, 0.1) is 12.1 Å². The number of fused-ring (bicyclic) bond motifs is 1. The molecule has 3 rings (SSSR count). The Kier molecular flexibility index (Phi) is 4.01. The van der Waals surface area contributed by atoms with E-state index in [-0.39, 0.29) is 16.5 Å². The Bertz CT molecular complexity index is 1020. The van der Waals surface area contributed by atoms with E-state index >= 15 is 0 Å². The van der Waals surface area contributed by atoms with E-state index in [9.17, 15) is 12.8 Å². The van der Waals surface area contributed by atoms with Crippen molar-refractivity contribution >= 4 is 33.1 Å². The minimum absolute atomic E-state index is 0.0254. The lowest BCUT2D eigenvalue weighted by Gasteiger charge is -2.07. The maximum absolute atomic E-state index is 13.8. The third-order valence-electron chi connectivity index (χ3n) is 3.08. The number of hydrogen-bond donors (Lipinski definition) is 1. The van der Waals surface area contributed by atoms with Gasteiger partial charge >= 0.3 is 0 Å². The number of benzene rings is 1. The van der Waals surface area contributed by atoms with Crippen LogP contribution in [0.5, 0.6) is 5.88 Å². The fraction of sp³-hybridized carbons (Fsp3) is 0.154. The second-order valence-corrected chi connectivity index (χ2v) is 6.76. The molecule has 0 amide bonds. The first-order valence-corrected chi connectivity index (χ1v) is 8.43. The van der Waals surface area contributed by atoms with E-state index in [2.05, 4.69) is 15.1 Å². The van der Waals surface area contributed by atoms with Crippen molar-refractivity contribution in [2.24, 2.45) is 0 Å². The molecule has 0 saturated heterocycles. The maximum atomic E-state index is 13.8. The standard InChI is InChI=1S/C13H11ClFN5O3S/c1-7-6-20-12(16-11(7)23-2)17-13(18-20)24(21,22)19-10-8(14)4-3-5-9(10)15/h3-6,19H,1-2H3. The van der Waals surface area contributed by atoms with Gasteiger partial charge in [-0.2, -0.15) is 18.4 Å². The number of methoxy groups -OCH3 is 1. The molecule has 8 nitrogen and oxygen atoms in total. The van der Waals surface area contributed by atoms with Crippen LogP contribution in [0.15, 0.2) is 29.6 Å². The van der Waals surface area contributed by atoms with E-state index in [0.29, 0.717) is 11.4 Å².